The Morgan fingerprint density at radius 1 is 0.500 bits per heavy atom. The molecule has 1 nitrogen and oxygen atoms in total. The minimum Gasteiger partial charge on any atom is -0.281 e. The van der Waals surface area contributed by atoms with E-state index in [1.165, 1.54) is 99.9 Å². The Morgan fingerprint density at radius 3 is 1.95 bits per heavy atom. The lowest BCUT2D eigenvalue weighted by Gasteiger charge is -2.37. The summed E-state index contributed by atoms with van der Waals surface area (Å²) in [5.41, 5.74) is 20.8. The minimum absolute atomic E-state index is 0.0571. The van der Waals surface area contributed by atoms with Gasteiger partial charge in [0.15, 0.2) is 0 Å². The summed E-state index contributed by atoms with van der Waals surface area (Å²) < 4.78 is 0. The highest BCUT2D eigenvalue weighted by Crippen LogP contribution is 2.61. The normalized spacial score (nSPS) is 18.9. The van der Waals surface area contributed by atoms with Gasteiger partial charge in [-0.1, -0.05) is 176 Å². The van der Waals surface area contributed by atoms with Crippen LogP contribution >= 0.6 is 0 Å². The summed E-state index contributed by atoms with van der Waals surface area (Å²) in [6, 6.07) is 67.2. The second-order valence-electron chi connectivity index (χ2n) is 15.8. The fourth-order valence-corrected chi connectivity index (χ4v) is 10.1. The van der Waals surface area contributed by atoms with E-state index in [0.717, 1.165) is 19.3 Å². The van der Waals surface area contributed by atoms with Gasteiger partial charge in [-0.15, -0.1) is 0 Å². The highest BCUT2D eigenvalue weighted by Gasteiger charge is 2.46. The molecule has 0 amide bonds. The summed E-state index contributed by atoms with van der Waals surface area (Å²) in [5.74, 6) is 0. The van der Waals surface area contributed by atoms with E-state index in [1.54, 1.807) is 0 Å². The molecule has 0 saturated carbocycles. The zero-order valence-corrected chi connectivity index (χ0v) is 31.5. The molecule has 0 aromatic heterocycles. The third-order valence-electron chi connectivity index (χ3n) is 12.7. The van der Waals surface area contributed by atoms with Gasteiger partial charge in [-0.25, -0.2) is 0 Å². The number of allylic oxidation sites excluding steroid dienone is 1. The van der Waals surface area contributed by atoms with Crippen LogP contribution in [0.15, 0.2) is 193 Å². The highest BCUT2D eigenvalue weighted by molar-refractivity contribution is 6.11. The summed E-state index contributed by atoms with van der Waals surface area (Å²) in [6.45, 7) is 2.46. The van der Waals surface area contributed by atoms with Crippen LogP contribution < -0.4 is 0 Å². The van der Waals surface area contributed by atoms with Crippen molar-refractivity contribution in [3.63, 3.8) is 0 Å². The van der Waals surface area contributed by atoms with Gasteiger partial charge in [0.1, 0.15) is 0 Å². The van der Waals surface area contributed by atoms with Gasteiger partial charge in [-0.3, -0.25) is 4.99 Å². The van der Waals surface area contributed by atoms with Gasteiger partial charge in [0.05, 0.1) is 6.04 Å². The van der Waals surface area contributed by atoms with E-state index in [9.17, 15) is 0 Å². The summed E-state index contributed by atoms with van der Waals surface area (Å²) in [6.07, 6.45) is 5.15. The molecule has 56 heavy (non-hydrogen) atoms. The smallest absolute Gasteiger partial charge is 0.0793 e. The average Bonchev–Trinajstić information content (AvgIpc) is 3.53. The van der Waals surface area contributed by atoms with E-state index in [1.807, 2.05) is 0 Å². The molecule has 1 heterocycles. The van der Waals surface area contributed by atoms with Gasteiger partial charge in [0, 0.05) is 11.1 Å². The topological polar surface area (TPSA) is 12.4 Å². The van der Waals surface area contributed by atoms with Crippen molar-refractivity contribution in [3.05, 3.63) is 221 Å². The van der Waals surface area contributed by atoms with E-state index < -0.39 is 0 Å². The van der Waals surface area contributed by atoms with E-state index in [-0.39, 0.29) is 11.5 Å². The van der Waals surface area contributed by atoms with Crippen LogP contribution in [0.1, 0.15) is 65.6 Å². The Balaban J connectivity index is 1.08. The summed E-state index contributed by atoms with van der Waals surface area (Å²) >= 11 is 0. The third kappa shape index (κ3) is 5.11. The molecule has 11 rings (SSSR count). The van der Waals surface area contributed by atoms with Crippen LogP contribution in [-0.4, -0.2) is 5.71 Å². The van der Waals surface area contributed by atoms with Gasteiger partial charge >= 0.3 is 0 Å². The van der Waals surface area contributed by atoms with Crippen molar-refractivity contribution in [3.8, 4) is 44.5 Å². The molecule has 1 unspecified atom stereocenters. The molecule has 0 saturated heterocycles. The lowest BCUT2D eigenvalue weighted by Crippen LogP contribution is -2.26. The number of nitrogens with zero attached hydrogens (tertiary/aromatic N) is 1. The predicted octanol–water partition coefficient (Wildman–Crippen LogP) is 14.3. The van der Waals surface area contributed by atoms with Crippen LogP contribution in [0.3, 0.4) is 0 Å². The van der Waals surface area contributed by atoms with Crippen molar-refractivity contribution in [1.82, 2.24) is 0 Å². The highest BCUT2D eigenvalue weighted by atomic mass is 14.8. The van der Waals surface area contributed by atoms with Crippen molar-refractivity contribution in [2.45, 2.75) is 37.6 Å². The van der Waals surface area contributed by atoms with Crippen molar-refractivity contribution < 1.29 is 0 Å². The van der Waals surface area contributed by atoms with Crippen molar-refractivity contribution in [2.75, 3.05) is 0 Å². The van der Waals surface area contributed by atoms with E-state index in [4.69, 9.17) is 4.99 Å². The molecule has 0 N–H and O–H groups in total. The second-order valence-corrected chi connectivity index (χ2v) is 15.8. The molecule has 266 valence electrons. The molecular weight excluding hydrogens is 675 g/mol. The zero-order valence-electron chi connectivity index (χ0n) is 31.5. The van der Waals surface area contributed by atoms with Crippen LogP contribution in [0.2, 0.25) is 0 Å². The number of rotatable bonds is 5. The molecule has 0 spiro atoms. The molecule has 0 fully saturated rings. The van der Waals surface area contributed by atoms with Crippen LogP contribution in [0.4, 0.5) is 0 Å². The molecule has 2 aliphatic carbocycles. The molecule has 0 radical (unpaired) electrons. The summed E-state index contributed by atoms with van der Waals surface area (Å²) in [5, 5.41) is 2.70. The quantitative estimate of drug-likeness (QED) is 0.168. The van der Waals surface area contributed by atoms with Gasteiger partial charge in [-0.2, -0.15) is 0 Å². The van der Waals surface area contributed by atoms with Crippen molar-refractivity contribution in [2.24, 2.45) is 4.99 Å². The molecule has 8 aromatic rings. The fraction of sp³-hybridized carbons (Fsp3) is 0.109. The molecule has 2 atom stereocenters. The average molecular weight is 716 g/mol. The third-order valence-corrected chi connectivity index (χ3v) is 12.7. The van der Waals surface area contributed by atoms with E-state index in [0.29, 0.717) is 0 Å². The van der Waals surface area contributed by atoms with Crippen molar-refractivity contribution >= 4 is 22.1 Å². The van der Waals surface area contributed by atoms with E-state index in [2.05, 4.69) is 195 Å². The first-order valence-electron chi connectivity index (χ1n) is 20.0. The zero-order chi connectivity index (χ0) is 37.2. The monoisotopic (exact) mass is 715 g/mol. The van der Waals surface area contributed by atoms with Gasteiger partial charge in [0.25, 0.3) is 0 Å². The lowest BCUT2D eigenvalue weighted by molar-refractivity contribution is 0.718. The van der Waals surface area contributed by atoms with Gasteiger partial charge in [-0.05, 0) is 133 Å². The molecule has 0 bridgehead atoms. The summed E-state index contributed by atoms with van der Waals surface area (Å²) in [7, 11) is 0. The Labute approximate surface area is 329 Å². The molecular formula is C55H41N. The fourth-order valence-electron chi connectivity index (χ4n) is 10.1. The number of hydrogen-bond donors (Lipinski definition) is 0. The first-order valence-corrected chi connectivity index (χ1v) is 20.0. The molecule has 1 aliphatic heterocycles. The first-order chi connectivity index (χ1) is 27.6. The van der Waals surface area contributed by atoms with Crippen LogP contribution in [0.5, 0.6) is 0 Å². The van der Waals surface area contributed by atoms with Gasteiger partial charge in [0.2, 0.25) is 0 Å². The largest absolute Gasteiger partial charge is 0.281 e. The minimum atomic E-state index is -0.211. The molecule has 1 heteroatoms. The van der Waals surface area contributed by atoms with Gasteiger partial charge < -0.3 is 0 Å². The first kappa shape index (κ1) is 32.8. The number of hydrogen-bond acceptors (Lipinski definition) is 1. The molecule has 8 aromatic carbocycles. The second kappa shape index (κ2) is 13.0. The molecule has 3 aliphatic rings. The predicted molar refractivity (Wildman–Crippen MR) is 235 cm³/mol. The Hall–Kier alpha value is -6.57. The van der Waals surface area contributed by atoms with Crippen LogP contribution in [-0.2, 0) is 5.41 Å². The Morgan fingerprint density at radius 2 is 1.12 bits per heavy atom. The number of fused-ring (bicyclic) bond motifs is 5. The SMILES string of the molecule is CC12c3ccccc3-c3cccc(c31)-c1c(/C3=C\CCC(c4cccc(-c5ccccc5)c4)=N[C@@H](c4cccc(-c5ccccc5)c4)C3)ccc3cccc2c13. The van der Waals surface area contributed by atoms with Crippen molar-refractivity contribution in [1.29, 1.82) is 0 Å². The number of aliphatic imine (C=N–C) groups is 1. The van der Waals surface area contributed by atoms with E-state index >= 15 is 0 Å². The standard InChI is InChI=1S/C55H41N/c1-55-48-28-9-8-25-45(48)46-26-14-27-47(54(46)55)53-44(32-31-38-19-12-29-49(55)52(38)53)41-22-13-30-50(42-23-10-20-39(33-42)36-15-4-2-5-16-36)56-51(35-41)43-24-11-21-40(34-43)37-17-6-3-7-18-37/h2-12,14-29,31-34,51H,13,30,35H2,1H3/b41-22-,56-50?/t51-,55?/m1/s1. The number of benzene rings is 8. The maximum Gasteiger partial charge on any atom is 0.0793 e. The van der Waals surface area contributed by atoms with Crippen LogP contribution in [0.25, 0.3) is 60.9 Å². The summed E-state index contributed by atoms with van der Waals surface area (Å²) in [4.78, 5) is 5.77. The maximum absolute atomic E-state index is 5.77. The van der Waals surface area contributed by atoms with Crippen LogP contribution in [0, 0.1) is 0 Å². The lowest BCUT2D eigenvalue weighted by atomic mass is 9.65. The Kier molecular flexibility index (Phi) is 7.64. The maximum atomic E-state index is 5.77. The Bertz CT molecular complexity index is 2900.